The van der Waals surface area contributed by atoms with Gasteiger partial charge in [0.2, 0.25) is 0 Å². The first-order chi connectivity index (χ1) is 11.6. The zero-order valence-corrected chi connectivity index (χ0v) is 14.0. The van der Waals surface area contributed by atoms with Crippen LogP contribution >= 0.6 is 23.2 Å². The van der Waals surface area contributed by atoms with E-state index in [0.29, 0.717) is 27.1 Å². The number of amides is 1. The minimum absolute atomic E-state index is 0.294. The number of nitrogens with zero attached hydrogens (tertiary/aromatic N) is 1. The van der Waals surface area contributed by atoms with E-state index in [-0.39, 0.29) is 5.91 Å². The van der Waals surface area contributed by atoms with Gasteiger partial charge >= 0.3 is 0 Å². The van der Waals surface area contributed by atoms with Crippen molar-refractivity contribution in [1.82, 2.24) is 4.98 Å². The van der Waals surface area contributed by atoms with Crippen LogP contribution in [0.3, 0.4) is 0 Å². The topological polar surface area (TPSA) is 54.0 Å². The number of carbonyl (C=O) groups excluding carboxylic acids is 1. The van der Waals surface area contributed by atoms with Crippen LogP contribution in [0.2, 0.25) is 10.0 Å². The first kappa shape index (κ1) is 16.3. The van der Waals surface area contributed by atoms with Crippen LogP contribution in [-0.4, -0.2) is 10.9 Å². The molecule has 6 heteroatoms. The molecule has 2 N–H and O–H groups in total. The molecular weight excluding hydrogens is 345 g/mol. The SMILES string of the molecule is O=C(Nc1ccc(Cl)cc1Cl)c1ccc(Nc2ccccc2)nc1. The summed E-state index contributed by atoms with van der Waals surface area (Å²) in [5, 5.41) is 6.78. The van der Waals surface area contributed by atoms with Crippen molar-refractivity contribution in [2.45, 2.75) is 0 Å². The normalized spacial score (nSPS) is 10.2. The fourth-order valence-corrected chi connectivity index (χ4v) is 2.51. The lowest BCUT2D eigenvalue weighted by Gasteiger charge is -2.09. The van der Waals surface area contributed by atoms with E-state index in [0.717, 1.165) is 5.69 Å². The number of aromatic nitrogens is 1. The second-order valence-electron chi connectivity index (χ2n) is 5.00. The Morgan fingerprint density at radius 1 is 0.958 bits per heavy atom. The molecule has 1 amide bonds. The van der Waals surface area contributed by atoms with Crippen molar-refractivity contribution in [1.29, 1.82) is 0 Å². The highest BCUT2D eigenvalue weighted by Crippen LogP contribution is 2.25. The molecule has 24 heavy (non-hydrogen) atoms. The molecule has 3 aromatic rings. The molecule has 0 spiro atoms. The minimum atomic E-state index is -0.294. The van der Waals surface area contributed by atoms with E-state index < -0.39 is 0 Å². The number of para-hydroxylation sites is 1. The Morgan fingerprint density at radius 2 is 1.75 bits per heavy atom. The Bertz CT molecular complexity index is 852. The fraction of sp³-hybridized carbons (Fsp3) is 0. The third-order valence-electron chi connectivity index (χ3n) is 3.25. The van der Waals surface area contributed by atoms with Gasteiger partial charge < -0.3 is 10.6 Å². The summed E-state index contributed by atoms with van der Waals surface area (Å²) >= 11 is 11.9. The summed E-state index contributed by atoms with van der Waals surface area (Å²) in [4.78, 5) is 16.5. The van der Waals surface area contributed by atoms with Crippen molar-refractivity contribution in [3.8, 4) is 0 Å². The fourth-order valence-electron chi connectivity index (χ4n) is 2.06. The summed E-state index contributed by atoms with van der Waals surface area (Å²) in [5.74, 6) is 0.361. The molecule has 2 aromatic carbocycles. The van der Waals surface area contributed by atoms with Crippen molar-refractivity contribution in [3.05, 3.63) is 82.5 Å². The van der Waals surface area contributed by atoms with Gasteiger partial charge in [-0.15, -0.1) is 0 Å². The Balaban J connectivity index is 1.69. The van der Waals surface area contributed by atoms with Crippen LogP contribution < -0.4 is 10.6 Å². The number of hydrogen-bond donors (Lipinski definition) is 2. The van der Waals surface area contributed by atoms with E-state index in [4.69, 9.17) is 23.2 Å². The number of halogens is 2. The Morgan fingerprint density at radius 3 is 2.42 bits per heavy atom. The summed E-state index contributed by atoms with van der Waals surface area (Å²) in [5.41, 5.74) is 1.85. The van der Waals surface area contributed by atoms with Gasteiger partial charge in [0.25, 0.3) is 5.91 Å². The summed E-state index contributed by atoms with van der Waals surface area (Å²) in [7, 11) is 0. The molecule has 0 unspecified atom stereocenters. The van der Waals surface area contributed by atoms with Gasteiger partial charge in [0.05, 0.1) is 16.3 Å². The maximum absolute atomic E-state index is 12.3. The highest BCUT2D eigenvalue weighted by molar-refractivity contribution is 6.36. The third-order valence-corrected chi connectivity index (χ3v) is 3.80. The molecule has 0 fully saturated rings. The smallest absolute Gasteiger partial charge is 0.257 e. The van der Waals surface area contributed by atoms with Gasteiger partial charge in [0.15, 0.2) is 0 Å². The van der Waals surface area contributed by atoms with Gasteiger partial charge in [-0.1, -0.05) is 41.4 Å². The lowest BCUT2D eigenvalue weighted by Crippen LogP contribution is -2.12. The molecular formula is C18H13Cl2N3O. The third kappa shape index (κ3) is 4.04. The number of hydrogen-bond acceptors (Lipinski definition) is 3. The highest BCUT2D eigenvalue weighted by Gasteiger charge is 2.09. The van der Waals surface area contributed by atoms with Crippen LogP contribution in [0.5, 0.6) is 0 Å². The molecule has 0 atom stereocenters. The zero-order chi connectivity index (χ0) is 16.9. The maximum atomic E-state index is 12.3. The standard InChI is InChI=1S/C18H13Cl2N3O/c19-13-7-8-16(15(20)10-13)23-18(24)12-6-9-17(21-11-12)22-14-4-2-1-3-5-14/h1-11H,(H,21,22)(H,23,24). The first-order valence-corrected chi connectivity index (χ1v) is 7.92. The van der Waals surface area contributed by atoms with Crippen LogP contribution in [0.25, 0.3) is 0 Å². The molecule has 0 aliphatic heterocycles. The maximum Gasteiger partial charge on any atom is 0.257 e. The van der Waals surface area contributed by atoms with Crippen molar-refractivity contribution >= 4 is 46.3 Å². The summed E-state index contributed by atoms with van der Waals surface area (Å²) in [6.07, 6.45) is 1.50. The predicted molar refractivity (Wildman–Crippen MR) is 98.4 cm³/mol. The molecule has 120 valence electrons. The van der Waals surface area contributed by atoms with Crippen molar-refractivity contribution in [2.24, 2.45) is 0 Å². The molecule has 0 radical (unpaired) electrons. The average molecular weight is 358 g/mol. The van der Waals surface area contributed by atoms with Gasteiger partial charge in [-0.05, 0) is 42.5 Å². The van der Waals surface area contributed by atoms with E-state index >= 15 is 0 Å². The van der Waals surface area contributed by atoms with Crippen molar-refractivity contribution < 1.29 is 4.79 Å². The summed E-state index contributed by atoms with van der Waals surface area (Å²) in [6, 6.07) is 18.0. The zero-order valence-electron chi connectivity index (χ0n) is 12.5. The lowest BCUT2D eigenvalue weighted by atomic mass is 10.2. The monoisotopic (exact) mass is 357 g/mol. The van der Waals surface area contributed by atoms with Gasteiger partial charge in [0, 0.05) is 16.9 Å². The van der Waals surface area contributed by atoms with Crippen LogP contribution in [0, 0.1) is 0 Å². The van der Waals surface area contributed by atoms with E-state index in [9.17, 15) is 4.79 Å². The molecule has 3 rings (SSSR count). The molecule has 0 aliphatic carbocycles. The Kier molecular flexibility index (Phi) is 4.99. The van der Waals surface area contributed by atoms with Gasteiger partial charge in [-0.25, -0.2) is 4.98 Å². The quantitative estimate of drug-likeness (QED) is 0.658. The van der Waals surface area contributed by atoms with E-state index in [1.54, 1.807) is 30.3 Å². The van der Waals surface area contributed by atoms with E-state index in [1.165, 1.54) is 6.20 Å². The summed E-state index contributed by atoms with van der Waals surface area (Å²) < 4.78 is 0. The second kappa shape index (κ2) is 7.34. The molecule has 0 bridgehead atoms. The van der Waals surface area contributed by atoms with Crippen LogP contribution in [0.1, 0.15) is 10.4 Å². The number of anilines is 3. The van der Waals surface area contributed by atoms with Crippen LogP contribution in [0.15, 0.2) is 66.9 Å². The molecule has 0 aliphatic rings. The second-order valence-corrected chi connectivity index (χ2v) is 5.85. The van der Waals surface area contributed by atoms with Crippen LogP contribution in [0.4, 0.5) is 17.2 Å². The molecule has 4 nitrogen and oxygen atoms in total. The minimum Gasteiger partial charge on any atom is -0.340 e. The number of nitrogens with one attached hydrogen (secondary N) is 2. The lowest BCUT2D eigenvalue weighted by molar-refractivity contribution is 0.102. The van der Waals surface area contributed by atoms with Crippen LogP contribution in [-0.2, 0) is 0 Å². The number of carbonyl (C=O) groups is 1. The van der Waals surface area contributed by atoms with Gasteiger partial charge in [-0.3, -0.25) is 4.79 Å². The summed E-state index contributed by atoms with van der Waals surface area (Å²) in [6.45, 7) is 0. The largest absolute Gasteiger partial charge is 0.340 e. The first-order valence-electron chi connectivity index (χ1n) is 7.16. The molecule has 0 saturated carbocycles. The predicted octanol–water partition coefficient (Wildman–Crippen LogP) is 5.38. The number of pyridine rings is 1. The average Bonchev–Trinajstić information content (AvgIpc) is 2.59. The number of rotatable bonds is 4. The van der Waals surface area contributed by atoms with Gasteiger partial charge in [0.1, 0.15) is 5.82 Å². The molecule has 1 aromatic heterocycles. The van der Waals surface area contributed by atoms with Crippen molar-refractivity contribution in [2.75, 3.05) is 10.6 Å². The molecule has 1 heterocycles. The van der Waals surface area contributed by atoms with E-state index in [2.05, 4.69) is 15.6 Å². The van der Waals surface area contributed by atoms with Gasteiger partial charge in [-0.2, -0.15) is 0 Å². The Labute approximate surface area is 149 Å². The van der Waals surface area contributed by atoms with E-state index in [1.807, 2.05) is 30.3 Å². The Hall–Kier alpha value is -2.56. The number of benzene rings is 2. The van der Waals surface area contributed by atoms with Crippen molar-refractivity contribution in [3.63, 3.8) is 0 Å². The molecule has 0 saturated heterocycles. The highest BCUT2D eigenvalue weighted by atomic mass is 35.5.